The second-order valence-corrected chi connectivity index (χ2v) is 6.26. The van der Waals surface area contributed by atoms with E-state index in [1.807, 2.05) is 60.7 Å². The first-order valence-corrected chi connectivity index (χ1v) is 8.68. The van der Waals surface area contributed by atoms with Gasteiger partial charge in [0.1, 0.15) is 17.3 Å². The summed E-state index contributed by atoms with van der Waals surface area (Å²) >= 11 is 0. The SMILES string of the molecule is O=C1/C(=C\c2ccc(F)cc2)N=C(c2ccccc2)N1Cc1ccccc1. The smallest absolute Gasteiger partial charge is 0.278 e. The van der Waals surface area contributed by atoms with E-state index in [9.17, 15) is 9.18 Å². The number of rotatable bonds is 4. The second-order valence-electron chi connectivity index (χ2n) is 6.26. The molecule has 0 fully saturated rings. The number of amides is 1. The van der Waals surface area contributed by atoms with Crippen molar-refractivity contribution in [1.29, 1.82) is 0 Å². The molecule has 1 aliphatic heterocycles. The molecule has 0 bridgehead atoms. The molecule has 0 saturated heterocycles. The zero-order valence-electron chi connectivity index (χ0n) is 14.5. The van der Waals surface area contributed by atoms with Crippen molar-refractivity contribution in [1.82, 2.24) is 4.90 Å². The van der Waals surface area contributed by atoms with Crippen molar-refractivity contribution in [3.8, 4) is 0 Å². The van der Waals surface area contributed by atoms with Gasteiger partial charge in [-0.05, 0) is 29.3 Å². The van der Waals surface area contributed by atoms with Crippen LogP contribution in [0, 0.1) is 5.82 Å². The molecule has 3 nitrogen and oxygen atoms in total. The summed E-state index contributed by atoms with van der Waals surface area (Å²) in [5.41, 5.74) is 2.98. The Morgan fingerprint density at radius 1 is 0.852 bits per heavy atom. The molecule has 0 saturated carbocycles. The maximum atomic E-state index is 13.1. The summed E-state index contributed by atoms with van der Waals surface area (Å²) in [6, 6.07) is 25.5. The second kappa shape index (κ2) is 7.38. The van der Waals surface area contributed by atoms with E-state index in [-0.39, 0.29) is 11.7 Å². The Morgan fingerprint density at radius 3 is 2.15 bits per heavy atom. The normalized spacial score (nSPS) is 15.3. The lowest BCUT2D eigenvalue weighted by Gasteiger charge is -2.18. The van der Waals surface area contributed by atoms with Gasteiger partial charge in [-0.25, -0.2) is 9.38 Å². The van der Waals surface area contributed by atoms with Gasteiger partial charge in [-0.3, -0.25) is 9.69 Å². The Hall–Kier alpha value is -3.53. The molecule has 0 aromatic heterocycles. The molecule has 0 spiro atoms. The van der Waals surface area contributed by atoms with Gasteiger partial charge in [0.25, 0.3) is 5.91 Å². The van der Waals surface area contributed by atoms with Crippen molar-refractivity contribution in [2.24, 2.45) is 4.99 Å². The highest BCUT2D eigenvalue weighted by atomic mass is 19.1. The molecule has 0 radical (unpaired) electrons. The largest absolute Gasteiger partial charge is 0.286 e. The van der Waals surface area contributed by atoms with Crippen LogP contribution in [0.3, 0.4) is 0 Å². The number of nitrogens with zero attached hydrogens (tertiary/aromatic N) is 2. The van der Waals surface area contributed by atoms with Crippen molar-refractivity contribution in [3.63, 3.8) is 0 Å². The molecule has 1 amide bonds. The van der Waals surface area contributed by atoms with Crippen LogP contribution in [0.5, 0.6) is 0 Å². The van der Waals surface area contributed by atoms with E-state index in [0.717, 1.165) is 16.7 Å². The van der Waals surface area contributed by atoms with Gasteiger partial charge in [0.2, 0.25) is 0 Å². The Bertz CT molecular complexity index is 1010. The lowest BCUT2D eigenvalue weighted by Crippen LogP contribution is -2.32. The molecule has 0 aliphatic carbocycles. The first-order valence-electron chi connectivity index (χ1n) is 8.68. The Morgan fingerprint density at radius 2 is 1.48 bits per heavy atom. The molecule has 1 heterocycles. The monoisotopic (exact) mass is 356 g/mol. The standard InChI is InChI=1S/C23H17FN2O/c24-20-13-11-17(12-14-20)15-21-23(27)26(16-18-7-3-1-4-8-18)22(25-21)19-9-5-2-6-10-19/h1-15H,16H2/b21-15+. The van der Waals surface area contributed by atoms with Gasteiger partial charge in [0.05, 0.1) is 6.54 Å². The summed E-state index contributed by atoms with van der Waals surface area (Å²) in [7, 11) is 0. The number of aliphatic imine (C=N–C) groups is 1. The highest BCUT2D eigenvalue weighted by Gasteiger charge is 2.31. The summed E-state index contributed by atoms with van der Waals surface area (Å²) in [6.07, 6.45) is 1.69. The van der Waals surface area contributed by atoms with Gasteiger partial charge in [-0.15, -0.1) is 0 Å². The maximum absolute atomic E-state index is 13.1. The van der Waals surface area contributed by atoms with Gasteiger partial charge in [0, 0.05) is 5.56 Å². The van der Waals surface area contributed by atoms with Crippen LogP contribution in [0.15, 0.2) is 95.6 Å². The summed E-state index contributed by atoms with van der Waals surface area (Å²) in [4.78, 5) is 19.3. The molecule has 1 aliphatic rings. The predicted molar refractivity (Wildman–Crippen MR) is 104 cm³/mol. The highest BCUT2D eigenvalue weighted by Crippen LogP contribution is 2.24. The fraction of sp³-hybridized carbons (Fsp3) is 0.0435. The minimum Gasteiger partial charge on any atom is -0.286 e. The first kappa shape index (κ1) is 16.9. The first-order chi connectivity index (χ1) is 13.2. The zero-order chi connectivity index (χ0) is 18.6. The van der Waals surface area contributed by atoms with Crippen molar-refractivity contribution < 1.29 is 9.18 Å². The Labute approximate surface area is 157 Å². The number of hydrogen-bond donors (Lipinski definition) is 0. The van der Waals surface area contributed by atoms with Gasteiger partial charge >= 0.3 is 0 Å². The molecule has 132 valence electrons. The predicted octanol–water partition coefficient (Wildman–Crippen LogP) is 4.66. The van der Waals surface area contributed by atoms with Crippen LogP contribution in [-0.2, 0) is 11.3 Å². The average molecular weight is 356 g/mol. The average Bonchev–Trinajstić information content (AvgIpc) is 3.01. The molecule has 0 unspecified atom stereocenters. The number of amidine groups is 1. The van der Waals surface area contributed by atoms with Gasteiger partial charge in [-0.1, -0.05) is 72.8 Å². The molecule has 27 heavy (non-hydrogen) atoms. The molecule has 0 atom stereocenters. The van der Waals surface area contributed by atoms with Crippen LogP contribution in [-0.4, -0.2) is 16.6 Å². The fourth-order valence-corrected chi connectivity index (χ4v) is 2.99. The summed E-state index contributed by atoms with van der Waals surface area (Å²) in [5, 5.41) is 0. The van der Waals surface area contributed by atoms with E-state index in [4.69, 9.17) is 0 Å². The fourth-order valence-electron chi connectivity index (χ4n) is 2.99. The van der Waals surface area contributed by atoms with E-state index in [1.54, 1.807) is 23.1 Å². The third kappa shape index (κ3) is 3.70. The van der Waals surface area contributed by atoms with E-state index >= 15 is 0 Å². The number of benzene rings is 3. The quantitative estimate of drug-likeness (QED) is 0.626. The van der Waals surface area contributed by atoms with E-state index < -0.39 is 0 Å². The van der Waals surface area contributed by atoms with Crippen LogP contribution in [0.2, 0.25) is 0 Å². The summed E-state index contributed by atoms with van der Waals surface area (Å²) in [6.45, 7) is 0.439. The van der Waals surface area contributed by atoms with E-state index in [0.29, 0.717) is 18.1 Å². The van der Waals surface area contributed by atoms with Crippen molar-refractivity contribution in [3.05, 3.63) is 113 Å². The molecule has 3 aromatic carbocycles. The Kier molecular flexibility index (Phi) is 4.62. The molecular weight excluding hydrogens is 339 g/mol. The molecular formula is C23H17FN2O. The van der Waals surface area contributed by atoms with E-state index in [2.05, 4.69) is 4.99 Å². The van der Waals surface area contributed by atoms with Crippen LogP contribution < -0.4 is 0 Å². The van der Waals surface area contributed by atoms with Crippen molar-refractivity contribution in [2.45, 2.75) is 6.54 Å². The molecule has 4 heteroatoms. The maximum Gasteiger partial charge on any atom is 0.278 e. The highest BCUT2D eigenvalue weighted by molar-refractivity contribution is 6.19. The van der Waals surface area contributed by atoms with Gasteiger partial charge in [-0.2, -0.15) is 0 Å². The van der Waals surface area contributed by atoms with E-state index in [1.165, 1.54) is 12.1 Å². The lowest BCUT2D eigenvalue weighted by atomic mass is 10.1. The van der Waals surface area contributed by atoms with Crippen LogP contribution in [0.1, 0.15) is 16.7 Å². The van der Waals surface area contributed by atoms with Crippen molar-refractivity contribution >= 4 is 17.8 Å². The number of halogens is 1. The van der Waals surface area contributed by atoms with Crippen LogP contribution >= 0.6 is 0 Å². The summed E-state index contributed by atoms with van der Waals surface area (Å²) < 4.78 is 13.1. The number of carbonyl (C=O) groups excluding carboxylic acids is 1. The Balaban J connectivity index is 1.72. The lowest BCUT2D eigenvalue weighted by molar-refractivity contribution is -0.123. The number of hydrogen-bond acceptors (Lipinski definition) is 2. The summed E-state index contributed by atoms with van der Waals surface area (Å²) in [5.74, 6) is 0.147. The molecule has 0 N–H and O–H groups in total. The van der Waals surface area contributed by atoms with Gasteiger partial charge in [0.15, 0.2) is 0 Å². The topological polar surface area (TPSA) is 32.7 Å². The zero-order valence-corrected chi connectivity index (χ0v) is 14.5. The van der Waals surface area contributed by atoms with Crippen LogP contribution in [0.25, 0.3) is 6.08 Å². The third-order valence-corrected chi connectivity index (χ3v) is 4.34. The van der Waals surface area contributed by atoms with Crippen molar-refractivity contribution in [2.75, 3.05) is 0 Å². The third-order valence-electron chi connectivity index (χ3n) is 4.34. The molecule has 4 rings (SSSR count). The molecule has 3 aromatic rings. The number of carbonyl (C=O) groups is 1. The minimum absolute atomic E-state index is 0.165. The van der Waals surface area contributed by atoms with Gasteiger partial charge < -0.3 is 0 Å². The minimum atomic E-state index is -0.311. The van der Waals surface area contributed by atoms with Crippen LogP contribution in [0.4, 0.5) is 4.39 Å².